The molecule has 0 aliphatic carbocycles. The van der Waals surface area contributed by atoms with Crippen molar-refractivity contribution < 1.29 is 18.6 Å². The van der Waals surface area contributed by atoms with Crippen LogP contribution in [0.4, 0.5) is 0 Å². The summed E-state index contributed by atoms with van der Waals surface area (Å²) in [6.07, 6.45) is 2.26. The molecule has 180 valence electrons. The number of halogens is 1. The maximum atomic E-state index is 5.93. The topological polar surface area (TPSA) is 80.5 Å². The molecule has 1 aromatic heterocycles. The molecule has 0 aromatic carbocycles. The van der Waals surface area contributed by atoms with Crippen molar-refractivity contribution in [1.29, 1.82) is 0 Å². The van der Waals surface area contributed by atoms with Gasteiger partial charge < -0.3 is 29.3 Å². The Morgan fingerprint density at radius 2 is 1.84 bits per heavy atom. The summed E-state index contributed by atoms with van der Waals surface area (Å²) in [6.45, 7) is 14.3. The third-order valence-corrected chi connectivity index (χ3v) is 4.90. The van der Waals surface area contributed by atoms with E-state index in [0.29, 0.717) is 32.9 Å². The quantitative estimate of drug-likeness (QED) is 0.159. The predicted molar refractivity (Wildman–Crippen MR) is 135 cm³/mol. The highest BCUT2D eigenvalue weighted by Gasteiger charge is 2.25. The molecule has 2 rings (SSSR count). The van der Waals surface area contributed by atoms with E-state index in [2.05, 4.69) is 35.4 Å². The highest BCUT2D eigenvalue weighted by atomic mass is 127. The predicted octanol–water partition coefficient (Wildman–Crippen LogP) is 2.97. The SMILES string of the molecule is CCCCOCCOCCNC(=NCC(c1ccc(C)o1)N1CCOCC1)NCC.I. The van der Waals surface area contributed by atoms with Gasteiger partial charge in [0.2, 0.25) is 0 Å². The monoisotopic (exact) mass is 552 g/mol. The number of guanidine groups is 1. The first-order valence-electron chi connectivity index (χ1n) is 11.3. The van der Waals surface area contributed by atoms with Gasteiger partial charge in [-0.1, -0.05) is 13.3 Å². The highest BCUT2D eigenvalue weighted by molar-refractivity contribution is 14.0. The minimum absolute atomic E-state index is 0. The number of hydrogen-bond donors (Lipinski definition) is 2. The number of furan rings is 1. The van der Waals surface area contributed by atoms with Crippen LogP contribution in [0.15, 0.2) is 21.5 Å². The molecule has 1 aliphatic heterocycles. The van der Waals surface area contributed by atoms with Crippen LogP contribution in [0.2, 0.25) is 0 Å². The molecule has 0 saturated carbocycles. The van der Waals surface area contributed by atoms with Crippen LogP contribution in [-0.4, -0.2) is 83.2 Å². The highest BCUT2D eigenvalue weighted by Crippen LogP contribution is 2.24. The summed E-state index contributed by atoms with van der Waals surface area (Å²) in [5.41, 5.74) is 0. The zero-order valence-electron chi connectivity index (χ0n) is 19.4. The lowest BCUT2D eigenvalue weighted by molar-refractivity contribution is 0.0135. The Hall–Kier alpha value is -0.880. The molecule has 1 atom stereocenters. The molecule has 1 aromatic rings. The average Bonchev–Trinajstić information content (AvgIpc) is 3.19. The molecule has 1 fully saturated rings. The fourth-order valence-corrected chi connectivity index (χ4v) is 3.24. The van der Waals surface area contributed by atoms with Gasteiger partial charge >= 0.3 is 0 Å². The first-order valence-corrected chi connectivity index (χ1v) is 11.3. The summed E-state index contributed by atoms with van der Waals surface area (Å²) in [5, 5.41) is 6.65. The van der Waals surface area contributed by atoms with E-state index in [-0.39, 0.29) is 30.0 Å². The van der Waals surface area contributed by atoms with E-state index in [9.17, 15) is 0 Å². The van der Waals surface area contributed by atoms with Gasteiger partial charge in [-0.2, -0.15) is 0 Å². The average molecular weight is 552 g/mol. The maximum absolute atomic E-state index is 5.93. The Morgan fingerprint density at radius 1 is 1.10 bits per heavy atom. The number of aryl methyl sites for hydroxylation is 1. The minimum atomic E-state index is 0. The van der Waals surface area contributed by atoms with Crippen molar-refractivity contribution in [3.05, 3.63) is 23.7 Å². The standard InChI is InChI=1S/C22H40N4O4.HI/c1-4-6-12-27-16-17-28-13-9-24-22(23-5-2)25-18-20(21-8-7-19(3)30-21)26-10-14-29-15-11-26;/h7-8,20H,4-6,9-18H2,1-3H3,(H2,23,24,25);1H. The van der Waals surface area contributed by atoms with E-state index in [4.69, 9.17) is 23.6 Å². The lowest BCUT2D eigenvalue weighted by Gasteiger charge is -2.32. The van der Waals surface area contributed by atoms with E-state index >= 15 is 0 Å². The first kappa shape index (κ1) is 28.2. The number of nitrogens with one attached hydrogen (secondary N) is 2. The summed E-state index contributed by atoms with van der Waals surface area (Å²) in [6, 6.07) is 4.18. The summed E-state index contributed by atoms with van der Waals surface area (Å²) in [4.78, 5) is 7.20. The van der Waals surface area contributed by atoms with Gasteiger partial charge in [-0.3, -0.25) is 9.89 Å². The Bertz CT molecular complexity index is 594. The third-order valence-electron chi connectivity index (χ3n) is 4.90. The zero-order valence-corrected chi connectivity index (χ0v) is 21.7. The smallest absolute Gasteiger partial charge is 0.191 e. The first-order chi connectivity index (χ1) is 14.7. The van der Waals surface area contributed by atoms with Crippen LogP contribution >= 0.6 is 24.0 Å². The number of ether oxygens (including phenoxy) is 3. The molecule has 31 heavy (non-hydrogen) atoms. The van der Waals surface area contributed by atoms with E-state index in [1.54, 1.807) is 0 Å². The van der Waals surface area contributed by atoms with Gasteiger partial charge in [-0.25, -0.2) is 0 Å². The van der Waals surface area contributed by atoms with Gasteiger partial charge in [0.05, 0.1) is 45.6 Å². The molecule has 9 heteroatoms. The van der Waals surface area contributed by atoms with Crippen LogP contribution in [-0.2, 0) is 14.2 Å². The van der Waals surface area contributed by atoms with Crippen LogP contribution in [0.1, 0.15) is 44.3 Å². The summed E-state index contributed by atoms with van der Waals surface area (Å²) in [5.74, 6) is 2.68. The Morgan fingerprint density at radius 3 is 2.48 bits per heavy atom. The van der Waals surface area contributed by atoms with Crippen molar-refractivity contribution in [2.45, 2.75) is 39.7 Å². The van der Waals surface area contributed by atoms with Crippen molar-refractivity contribution in [2.24, 2.45) is 4.99 Å². The van der Waals surface area contributed by atoms with E-state index in [0.717, 1.165) is 69.8 Å². The summed E-state index contributed by atoms with van der Waals surface area (Å²) in [7, 11) is 0. The summed E-state index contributed by atoms with van der Waals surface area (Å²) < 4.78 is 22.6. The Kier molecular flexibility index (Phi) is 16.0. The van der Waals surface area contributed by atoms with Gasteiger partial charge in [-0.15, -0.1) is 24.0 Å². The Labute approximate surface area is 204 Å². The molecule has 0 radical (unpaired) electrons. The number of nitrogens with zero attached hydrogens (tertiary/aromatic N) is 2. The minimum Gasteiger partial charge on any atom is -0.465 e. The molecule has 1 unspecified atom stereocenters. The normalized spacial score (nSPS) is 16.0. The molecule has 2 heterocycles. The third kappa shape index (κ3) is 11.5. The molecular formula is C22H41IN4O4. The number of unbranched alkanes of at least 4 members (excludes halogenated alkanes) is 1. The van der Waals surface area contributed by atoms with Crippen LogP contribution in [0.25, 0.3) is 0 Å². The van der Waals surface area contributed by atoms with Crippen molar-refractivity contribution in [2.75, 3.05) is 72.4 Å². The van der Waals surface area contributed by atoms with E-state index in [1.165, 1.54) is 0 Å². The van der Waals surface area contributed by atoms with Gasteiger partial charge in [0.15, 0.2) is 5.96 Å². The second kappa shape index (κ2) is 17.6. The lowest BCUT2D eigenvalue weighted by Crippen LogP contribution is -2.42. The lowest BCUT2D eigenvalue weighted by atomic mass is 10.1. The fourth-order valence-electron chi connectivity index (χ4n) is 3.24. The number of aliphatic imine (C=N–C) groups is 1. The van der Waals surface area contributed by atoms with Gasteiger partial charge in [0, 0.05) is 32.8 Å². The second-order valence-electron chi connectivity index (χ2n) is 7.34. The number of hydrogen-bond acceptors (Lipinski definition) is 6. The second-order valence-corrected chi connectivity index (χ2v) is 7.34. The van der Waals surface area contributed by atoms with Gasteiger partial charge in [0.25, 0.3) is 0 Å². The van der Waals surface area contributed by atoms with Crippen molar-refractivity contribution in [3.63, 3.8) is 0 Å². The van der Waals surface area contributed by atoms with Crippen molar-refractivity contribution in [3.8, 4) is 0 Å². The molecular weight excluding hydrogens is 511 g/mol. The van der Waals surface area contributed by atoms with Crippen LogP contribution in [0.5, 0.6) is 0 Å². The molecule has 2 N–H and O–H groups in total. The molecule has 1 aliphatic rings. The number of rotatable bonds is 14. The van der Waals surface area contributed by atoms with Crippen LogP contribution in [0, 0.1) is 6.92 Å². The summed E-state index contributed by atoms with van der Waals surface area (Å²) >= 11 is 0. The molecule has 0 amide bonds. The van der Waals surface area contributed by atoms with E-state index < -0.39 is 0 Å². The van der Waals surface area contributed by atoms with Gasteiger partial charge in [-0.05, 0) is 32.4 Å². The van der Waals surface area contributed by atoms with Crippen LogP contribution < -0.4 is 10.6 Å². The molecule has 0 bridgehead atoms. The molecule has 8 nitrogen and oxygen atoms in total. The zero-order chi connectivity index (χ0) is 21.4. The van der Waals surface area contributed by atoms with Crippen molar-refractivity contribution >= 4 is 29.9 Å². The van der Waals surface area contributed by atoms with Crippen molar-refractivity contribution in [1.82, 2.24) is 15.5 Å². The molecule has 1 saturated heterocycles. The van der Waals surface area contributed by atoms with Crippen LogP contribution in [0.3, 0.4) is 0 Å². The fraction of sp³-hybridized carbons (Fsp3) is 0.773. The van der Waals surface area contributed by atoms with Gasteiger partial charge in [0.1, 0.15) is 11.5 Å². The molecule has 0 spiro atoms. The van der Waals surface area contributed by atoms with E-state index in [1.807, 2.05) is 13.0 Å². The Balaban J connectivity index is 0.00000480. The number of morpholine rings is 1. The maximum Gasteiger partial charge on any atom is 0.191 e. The largest absolute Gasteiger partial charge is 0.465 e.